The molecule has 1 aromatic rings. The van der Waals surface area contributed by atoms with E-state index in [-0.39, 0.29) is 0 Å². The number of benzene rings is 1. The van der Waals surface area contributed by atoms with Crippen LogP contribution in [0.15, 0.2) is 18.2 Å². The summed E-state index contributed by atoms with van der Waals surface area (Å²) in [6, 6.07) is 7.64. The molecule has 4 heteroatoms. The molecule has 0 amide bonds. The summed E-state index contributed by atoms with van der Waals surface area (Å²) < 4.78 is 10.7. The molecule has 0 spiro atoms. The first-order chi connectivity index (χ1) is 10.2. The highest BCUT2D eigenvalue weighted by molar-refractivity contribution is 5.42. The summed E-state index contributed by atoms with van der Waals surface area (Å²) in [5.41, 5.74) is 1.30. The third kappa shape index (κ3) is 3.01. The van der Waals surface area contributed by atoms with Crippen LogP contribution in [0.3, 0.4) is 0 Å². The fourth-order valence-electron chi connectivity index (χ4n) is 3.68. The van der Waals surface area contributed by atoms with Gasteiger partial charge in [0, 0.05) is 31.7 Å². The van der Waals surface area contributed by atoms with E-state index in [1.165, 1.54) is 38.0 Å². The van der Waals surface area contributed by atoms with E-state index in [1.54, 1.807) is 14.2 Å². The van der Waals surface area contributed by atoms with Gasteiger partial charge >= 0.3 is 0 Å². The minimum absolute atomic E-state index is 0.618. The van der Waals surface area contributed by atoms with Gasteiger partial charge in [-0.05, 0) is 44.0 Å². The molecule has 2 fully saturated rings. The molecule has 0 aliphatic carbocycles. The van der Waals surface area contributed by atoms with Crippen molar-refractivity contribution in [3.05, 3.63) is 23.8 Å². The standard InChI is InChI=1S/C17H26N2O2/c1-13-10-18-8-4-5-15(18)12-19(13)11-14-6-7-16(20-2)17(9-14)21-3/h6-7,9,13,15H,4-5,8,10-12H2,1-3H3/t13-,15-/m0/s1. The molecule has 0 unspecified atom stereocenters. The molecule has 1 aromatic carbocycles. The van der Waals surface area contributed by atoms with Gasteiger partial charge in [0.1, 0.15) is 0 Å². The van der Waals surface area contributed by atoms with Crippen LogP contribution in [0.2, 0.25) is 0 Å². The van der Waals surface area contributed by atoms with Crippen LogP contribution in [0.4, 0.5) is 0 Å². The summed E-state index contributed by atoms with van der Waals surface area (Å²) in [4.78, 5) is 5.27. The number of nitrogens with zero attached hydrogens (tertiary/aromatic N) is 2. The van der Waals surface area contributed by atoms with Gasteiger partial charge < -0.3 is 9.47 Å². The number of ether oxygens (including phenoxy) is 2. The van der Waals surface area contributed by atoms with Crippen LogP contribution in [0.5, 0.6) is 11.5 Å². The Morgan fingerprint density at radius 2 is 1.95 bits per heavy atom. The van der Waals surface area contributed by atoms with Crippen LogP contribution in [-0.4, -0.2) is 55.7 Å². The smallest absolute Gasteiger partial charge is 0.161 e. The third-order valence-corrected chi connectivity index (χ3v) is 4.90. The molecule has 0 saturated carbocycles. The van der Waals surface area contributed by atoms with Gasteiger partial charge in [-0.2, -0.15) is 0 Å². The van der Waals surface area contributed by atoms with Crippen LogP contribution < -0.4 is 9.47 Å². The summed E-state index contributed by atoms with van der Waals surface area (Å²) in [6.45, 7) is 7.02. The second-order valence-electron chi connectivity index (χ2n) is 6.26. The molecule has 2 aliphatic heterocycles. The lowest BCUT2D eigenvalue weighted by atomic mass is 10.1. The minimum Gasteiger partial charge on any atom is -0.493 e. The summed E-state index contributed by atoms with van der Waals surface area (Å²) in [7, 11) is 3.38. The zero-order valence-electron chi connectivity index (χ0n) is 13.3. The van der Waals surface area contributed by atoms with E-state index < -0.39 is 0 Å². The van der Waals surface area contributed by atoms with Gasteiger partial charge in [0.25, 0.3) is 0 Å². The highest BCUT2D eigenvalue weighted by atomic mass is 16.5. The normalized spacial score (nSPS) is 26.6. The molecule has 116 valence electrons. The predicted molar refractivity (Wildman–Crippen MR) is 84.0 cm³/mol. The number of hydrogen-bond donors (Lipinski definition) is 0. The molecule has 21 heavy (non-hydrogen) atoms. The molecule has 0 radical (unpaired) electrons. The van der Waals surface area contributed by atoms with Gasteiger partial charge in [-0.1, -0.05) is 6.07 Å². The lowest BCUT2D eigenvalue weighted by molar-refractivity contribution is 0.0540. The fraction of sp³-hybridized carbons (Fsp3) is 0.647. The Morgan fingerprint density at radius 1 is 1.14 bits per heavy atom. The predicted octanol–water partition coefficient (Wildman–Crippen LogP) is 2.37. The van der Waals surface area contributed by atoms with Crippen molar-refractivity contribution in [1.82, 2.24) is 9.80 Å². The van der Waals surface area contributed by atoms with E-state index in [9.17, 15) is 0 Å². The van der Waals surface area contributed by atoms with Crippen molar-refractivity contribution >= 4 is 0 Å². The average molecular weight is 290 g/mol. The van der Waals surface area contributed by atoms with Crippen molar-refractivity contribution in [2.75, 3.05) is 33.9 Å². The van der Waals surface area contributed by atoms with E-state index in [4.69, 9.17) is 9.47 Å². The monoisotopic (exact) mass is 290 g/mol. The first-order valence-electron chi connectivity index (χ1n) is 7.90. The van der Waals surface area contributed by atoms with Crippen LogP contribution in [0.1, 0.15) is 25.3 Å². The second kappa shape index (κ2) is 6.24. The molecule has 2 aliphatic rings. The average Bonchev–Trinajstić information content (AvgIpc) is 2.94. The van der Waals surface area contributed by atoms with Crippen molar-refractivity contribution in [3.63, 3.8) is 0 Å². The van der Waals surface area contributed by atoms with Gasteiger partial charge in [0.2, 0.25) is 0 Å². The van der Waals surface area contributed by atoms with E-state index in [1.807, 2.05) is 6.07 Å². The second-order valence-corrected chi connectivity index (χ2v) is 6.26. The van der Waals surface area contributed by atoms with E-state index in [0.29, 0.717) is 6.04 Å². The largest absolute Gasteiger partial charge is 0.493 e. The SMILES string of the molecule is COc1ccc(CN2C[C@@H]3CCCN3C[C@@H]2C)cc1OC. The Bertz CT molecular complexity index is 492. The van der Waals surface area contributed by atoms with Gasteiger partial charge in [-0.15, -0.1) is 0 Å². The number of rotatable bonds is 4. The molecule has 2 atom stereocenters. The summed E-state index contributed by atoms with van der Waals surface area (Å²) in [6.07, 6.45) is 2.72. The van der Waals surface area contributed by atoms with Crippen LogP contribution in [0.25, 0.3) is 0 Å². The molecule has 0 bridgehead atoms. The lowest BCUT2D eigenvalue weighted by Crippen LogP contribution is -2.54. The molecular weight excluding hydrogens is 264 g/mol. The van der Waals surface area contributed by atoms with Crippen molar-refractivity contribution in [3.8, 4) is 11.5 Å². The number of methoxy groups -OCH3 is 2. The van der Waals surface area contributed by atoms with Crippen molar-refractivity contribution < 1.29 is 9.47 Å². The van der Waals surface area contributed by atoms with Gasteiger partial charge in [-0.3, -0.25) is 9.80 Å². The molecule has 0 N–H and O–H groups in total. The third-order valence-electron chi connectivity index (χ3n) is 4.90. The first kappa shape index (κ1) is 14.7. The van der Waals surface area contributed by atoms with E-state index in [2.05, 4.69) is 28.9 Å². The molecular formula is C17H26N2O2. The maximum absolute atomic E-state index is 5.41. The number of hydrogen-bond acceptors (Lipinski definition) is 4. The number of piperazine rings is 1. The Hall–Kier alpha value is -1.26. The molecule has 2 saturated heterocycles. The Labute approximate surface area is 127 Å². The van der Waals surface area contributed by atoms with Crippen molar-refractivity contribution in [2.45, 2.75) is 38.4 Å². The molecule has 3 rings (SSSR count). The maximum atomic E-state index is 5.41. The van der Waals surface area contributed by atoms with Crippen molar-refractivity contribution in [2.24, 2.45) is 0 Å². The highest BCUT2D eigenvalue weighted by Crippen LogP contribution is 2.30. The van der Waals surface area contributed by atoms with Gasteiger partial charge in [0.15, 0.2) is 11.5 Å². The summed E-state index contributed by atoms with van der Waals surface area (Å²) in [5, 5.41) is 0. The summed E-state index contributed by atoms with van der Waals surface area (Å²) in [5.74, 6) is 1.62. The molecule has 2 heterocycles. The zero-order chi connectivity index (χ0) is 14.8. The lowest BCUT2D eigenvalue weighted by Gasteiger charge is -2.42. The van der Waals surface area contributed by atoms with Crippen LogP contribution in [0, 0.1) is 0 Å². The van der Waals surface area contributed by atoms with Crippen molar-refractivity contribution in [1.29, 1.82) is 0 Å². The first-order valence-corrected chi connectivity index (χ1v) is 7.90. The van der Waals surface area contributed by atoms with Crippen LogP contribution in [-0.2, 0) is 6.54 Å². The van der Waals surface area contributed by atoms with Gasteiger partial charge in [0.05, 0.1) is 14.2 Å². The van der Waals surface area contributed by atoms with E-state index in [0.717, 1.165) is 24.1 Å². The quantitative estimate of drug-likeness (QED) is 0.850. The van der Waals surface area contributed by atoms with E-state index >= 15 is 0 Å². The topological polar surface area (TPSA) is 24.9 Å². The highest BCUT2D eigenvalue weighted by Gasteiger charge is 2.34. The Kier molecular flexibility index (Phi) is 4.36. The summed E-state index contributed by atoms with van der Waals surface area (Å²) >= 11 is 0. The molecule has 0 aromatic heterocycles. The fourth-order valence-corrected chi connectivity index (χ4v) is 3.68. The maximum Gasteiger partial charge on any atom is 0.161 e. The Balaban J connectivity index is 1.70. The van der Waals surface area contributed by atoms with Crippen LogP contribution >= 0.6 is 0 Å². The Morgan fingerprint density at radius 3 is 2.71 bits per heavy atom. The molecule has 4 nitrogen and oxygen atoms in total. The zero-order valence-corrected chi connectivity index (χ0v) is 13.3. The minimum atomic E-state index is 0.618. The number of fused-ring (bicyclic) bond motifs is 1. The van der Waals surface area contributed by atoms with Gasteiger partial charge in [-0.25, -0.2) is 0 Å².